The average molecular weight is 204 g/mol. The Morgan fingerprint density at radius 1 is 1.17 bits per heavy atom. The Morgan fingerprint density at radius 2 is 1.17 bits per heavy atom. The average Bonchev–Trinajstić information content (AvgIpc) is 0.722. The van der Waals surface area contributed by atoms with E-state index in [1.807, 2.05) is 0 Å². The Labute approximate surface area is 50.6 Å². The van der Waals surface area contributed by atoms with Crippen LogP contribution in [0.4, 0.5) is 0 Å². The molecule has 43 valence electrons. The van der Waals surface area contributed by atoms with Crippen molar-refractivity contribution in [2.24, 2.45) is 0 Å². The van der Waals surface area contributed by atoms with Crippen LogP contribution in [-0.4, -0.2) is 17.5 Å². The molecule has 0 aliphatic carbocycles. The van der Waals surface area contributed by atoms with Crippen molar-refractivity contribution in [3.8, 4) is 0 Å². The van der Waals surface area contributed by atoms with Crippen molar-refractivity contribution in [1.29, 1.82) is 0 Å². The van der Waals surface area contributed by atoms with Gasteiger partial charge in [-0.25, -0.2) is 0 Å². The Kier molecular flexibility index (Phi) is 4.45. The molecule has 0 N–H and O–H groups in total. The van der Waals surface area contributed by atoms with Crippen LogP contribution in [0.15, 0.2) is 0 Å². The Bertz CT molecular complexity index is 90.7. The van der Waals surface area contributed by atoms with Crippen LogP contribution in [0.5, 0.6) is 0 Å². The fraction of sp³-hybridized carbons (Fsp3) is 0. The first kappa shape index (κ1) is 9.79. The summed E-state index contributed by atoms with van der Waals surface area (Å²) in [6.45, 7) is 0. The molecule has 0 bridgehead atoms. The smallest absolute Gasteiger partial charge is 0.0311 e. The van der Waals surface area contributed by atoms with Gasteiger partial charge in [-0.2, -0.15) is 0 Å². The van der Waals surface area contributed by atoms with Gasteiger partial charge in [0.2, 0.25) is 0 Å². The van der Waals surface area contributed by atoms with Crippen LogP contribution in [0.2, 0.25) is 0 Å². The van der Waals surface area contributed by atoms with Crippen LogP contribution >= 0.6 is 0 Å². The molecule has 0 unspecified atom stereocenters. The van der Waals surface area contributed by atoms with Gasteiger partial charge in [-0.1, -0.05) is 0 Å². The zero-order valence-corrected chi connectivity index (χ0v) is 4.64. The quantitative estimate of drug-likeness (QED) is 0.278. The second kappa shape index (κ2) is 2.73. The third kappa shape index (κ3) is 161. The largest absolute Gasteiger partial charge is 0.759 e. The normalized spacial score (nSPS) is 9.67. The van der Waals surface area contributed by atoms with E-state index < -0.39 is 10.4 Å². The molecule has 0 aliphatic rings. The molecule has 0 amide bonds. The van der Waals surface area contributed by atoms with Gasteiger partial charge < -0.3 is 9.11 Å². The van der Waals surface area contributed by atoms with E-state index in [1.165, 1.54) is 0 Å². The van der Waals surface area contributed by atoms with Crippen LogP contribution < -0.4 is 0 Å². The summed E-state index contributed by atoms with van der Waals surface area (Å²) in [5.74, 6) is 0. The van der Waals surface area contributed by atoms with Gasteiger partial charge in [0.1, 0.15) is 0 Å². The monoisotopic (exact) mass is 203 g/mol. The van der Waals surface area contributed by atoms with Gasteiger partial charge in [0.25, 0.3) is 0 Å². The van der Waals surface area contributed by atoms with E-state index in [0.717, 1.165) is 0 Å². The van der Waals surface area contributed by atoms with Crippen molar-refractivity contribution in [1.82, 2.24) is 0 Å². The van der Waals surface area contributed by atoms with E-state index in [2.05, 4.69) is 0 Å². The van der Waals surface area contributed by atoms with Gasteiger partial charge in [-0.3, -0.25) is 8.42 Å². The molecule has 0 atom stereocenters. The van der Waals surface area contributed by atoms with Gasteiger partial charge >= 0.3 is 0 Å². The maximum absolute atomic E-state index is 8.52. The first-order chi connectivity index (χ1) is 2.00. The Hall–Kier alpha value is 0.610. The van der Waals surface area contributed by atoms with Gasteiger partial charge in [0.05, 0.1) is 0 Å². The first-order valence-electron chi connectivity index (χ1n) is 0.667. The summed E-state index contributed by atoms with van der Waals surface area (Å²) in [4.78, 5) is 0. The molecule has 0 fully saturated rings. The Balaban J connectivity index is 0. The number of hydrogen-bond acceptors (Lipinski definition) is 4. The minimum atomic E-state index is -5.17. The predicted molar refractivity (Wildman–Crippen MR) is 10.5 cm³/mol. The molecule has 0 saturated carbocycles. The summed E-state index contributed by atoms with van der Waals surface area (Å²) in [6.07, 6.45) is 0. The zero-order chi connectivity index (χ0) is 4.50. The molecule has 4 nitrogen and oxygen atoms in total. The maximum Gasteiger partial charge on any atom is 0.0311 e. The maximum atomic E-state index is 8.52. The third-order valence-corrected chi connectivity index (χ3v) is 0. The van der Waals surface area contributed by atoms with E-state index in [0.29, 0.717) is 0 Å². The molecule has 0 aromatic heterocycles. The van der Waals surface area contributed by atoms with Gasteiger partial charge in [0.15, 0.2) is 0 Å². The summed E-state index contributed by atoms with van der Waals surface area (Å²) < 4.78 is 34.1. The molecule has 0 aliphatic heterocycles. The minimum absolute atomic E-state index is 0. The summed E-state index contributed by atoms with van der Waals surface area (Å²) >= 11 is 0. The summed E-state index contributed by atoms with van der Waals surface area (Å²) in [5, 5.41) is 0. The molecule has 0 saturated heterocycles. The first-order valence-corrected chi connectivity index (χ1v) is 2.00. The zero-order valence-electron chi connectivity index (χ0n) is 2.34. The molecule has 0 spiro atoms. The van der Waals surface area contributed by atoms with E-state index in [-0.39, 0.29) is 22.4 Å². The van der Waals surface area contributed by atoms with E-state index in [1.54, 1.807) is 0 Å². The number of hydrogen-bond donors (Lipinski definition) is 0. The fourth-order valence-electron chi connectivity index (χ4n) is 0. The van der Waals surface area contributed by atoms with E-state index in [4.69, 9.17) is 17.5 Å². The van der Waals surface area contributed by atoms with Crippen molar-refractivity contribution in [3.63, 3.8) is 0 Å². The molecule has 1 radical (unpaired) electrons. The van der Waals surface area contributed by atoms with Crippen LogP contribution in [-0.2, 0) is 32.8 Å². The molecular weight excluding hydrogens is 204 g/mol. The molecule has 6 heteroatoms. The molecular formula is AgO4S-2. The topological polar surface area (TPSA) is 80.3 Å². The van der Waals surface area contributed by atoms with Crippen LogP contribution in [0.1, 0.15) is 0 Å². The van der Waals surface area contributed by atoms with Gasteiger partial charge in [-0.15, -0.1) is 0 Å². The van der Waals surface area contributed by atoms with Crippen molar-refractivity contribution >= 4 is 10.4 Å². The van der Waals surface area contributed by atoms with Crippen molar-refractivity contribution < 1.29 is 39.9 Å². The van der Waals surface area contributed by atoms with Crippen molar-refractivity contribution in [2.45, 2.75) is 0 Å². The second-order valence-electron chi connectivity index (χ2n) is 0.408. The summed E-state index contributed by atoms with van der Waals surface area (Å²) in [5.41, 5.74) is 0. The third-order valence-electron chi connectivity index (χ3n) is 0. The minimum Gasteiger partial charge on any atom is -0.759 e. The fourth-order valence-corrected chi connectivity index (χ4v) is 0. The van der Waals surface area contributed by atoms with Crippen LogP contribution in [0, 0.1) is 0 Å². The SMILES string of the molecule is O=S(=O)([O-])[O-].[Ag]. The summed E-state index contributed by atoms with van der Waals surface area (Å²) in [7, 11) is -5.17. The Morgan fingerprint density at radius 3 is 1.17 bits per heavy atom. The van der Waals surface area contributed by atoms with Gasteiger partial charge in [0, 0.05) is 32.8 Å². The molecule has 0 rings (SSSR count). The molecule has 0 aromatic rings. The molecule has 0 heterocycles. The summed E-state index contributed by atoms with van der Waals surface area (Å²) in [6, 6.07) is 0. The molecule has 6 heavy (non-hydrogen) atoms. The van der Waals surface area contributed by atoms with Crippen molar-refractivity contribution in [3.05, 3.63) is 0 Å². The van der Waals surface area contributed by atoms with E-state index in [9.17, 15) is 0 Å². The standard InChI is InChI=1S/Ag.H2O4S/c;1-5(2,3)4/h;(H2,1,2,3,4)/p-2. The van der Waals surface area contributed by atoms with Gasteiger partial charge in [-0.05, 0) is 0 Å². The van der Waals surface area contributed by atoms with E-state index >= 15 is 0 Å². The molecule has 0 aromatic carbocycles. The number of rotatable bonds is 0. The van der Waals surface area contributed by atoms with Crippen LogP contribution in [0.25, 0.3) is 0 Å². The van der Waals surface area contributed by atoms with Crippen molar-refractivity contribution in [2.75, 3.05) is 0 Å². The second-order valence-corrected chi connectivity index (χ2v) is 1.22. The predicted octanol–water partition coefficient (Wildman–Crippen LogP) is -1.34. The van der Waals surface area contributed by atoms with Crippen LogP contribution in [0.3, 0.4) is 0 Å².